The lowest BCUT2D eigenvalue weighted by molar-refractivity contribution is 0.134. The van der Waals surface area contributed by atoms with Gasteiger partial charge in [0.15, 0.2) is 0 Å². The van der Waals surface area contributed by atoms with Crippen molar-refractivity contribution in [2.24, 2.45) is 0 Å². The van der Waals surface area contributed by atoms with E-state index in [1.54, 1.807) is 23.6 Å². The maximum absolute atomic E-state index is 13.3. The molecular weight excluding hydrogens is 392 g/mol. The molecule has 144 valence electrons. The van der Waals surface area contributed by atoms with Gasteiger partial charge in [0.25, 0.3) is 15.7 Å². The number of halogens is 1. The molecule has 0 bridgehead atoms. The smallest absolute Gasteiger partial charge is 0.264 e. The SMILES string of the molecule is Cc1onc2c1c(=O)n(C1CCCC(OS(C)(=O)=O)C1)c1cccc(Cl)c21. The number of hydrogen-bond donors (Lipinski definition) is 0. The lowest BCUT2D eigenvalue weighted by atomic mass is 9.92. The molecule has 1 saturated carbocycles. The summed E-state index contributed by atoms with van der Waals surface area (Å²) in [4.78, 5) is 13.3. The molecule has 4 rings (SSSR count). The number of fused-ring (bicyclic) bond motifs is 3. The molecule has 1 fully saturated rings. The molecule has 0 radical (unpaired) electrons. The van der Waals surface area contributed by atoms with Crippen molar-refractivity contribution in [1.29, 1.82) is 0 Å². The molecule has 0 amide bonds. The first-order valence-corrected chi connectivity index (χ1v) is 10.9. The summed E-state index contributed by atoms with van der Waals surface area (Å²) in [5.74, 6) is 0.435. The van der Waals surface area contributed by atoms with E-state index < -0.39 is 16.2 Å². The zero-order valence-electron chi connectivity index (χ0n) is 14.9. The Hall–Kier alpha value is -1.90. The number of aromatic nitrogens is 2. The normalized spacial score (nSPS) is 21.1. The molecule has 2 heterocycles. The van der Waals surface area contributed by atoms with Crippen LogP contribution in [0.5, 0.6) is 0 Å². The van der Waals surface area contributed by atoms with E-state index in [0.717, 1.165) is 19.1 Å². The van der Waals surface area contributed by atoms with Crippen molar-refractivity contribution in [3.8, 4) is 0 Å². The molecule has 0 N–H and O–H groups in total. The van der Waals surface area contributed by atoms with Gasteiger partial charge in [0.05, 0.1) is 22.9 Å². The van der Waals surface area contributed by atoms with Crippen LogP contribution >= 0.6 is 11.6 Å². The highest BCUT2D eigenvalue weighted by atomic mass is 35.5. The van der Waals surface area contributed by atoms with E-state index in [2.05, 4.69) is 5.16 Å². The highest BCUT2D eigenvalue weighted by Gasteiger charge is 2.30. The third kappa shape index (κ3) is 3.26. The Balaban J connectivity index is 1.92. The fourth-order valence-electron chi connectivity index (χ4n) is 4.02. The summed E-state index contributed by atoms with van der Waals surface area (Å²) in [6, 6.07) is 5.16. The molecular formula is C18H19ClN2O5S. The first-order valence-electron chi connectivity index (χ1n) is 8.73. The average molecular weight is 411 g/mol. The second kappa shape index (κ2) is 6.61. The van der Waals surface area contributed by atoms with Gasteiger partial charge in [0.2, 0.25) is 0 Å². The Labute approximate surface area is 161 Å². The Bertz CT molecular complexity index is 1200. The average Bonchev–Trinajstić information content (AvgIpc) is 2.96. The summed E-state index contributed by atoms with van der Waals surface area (Å²) < 4.78 is 35.2. The standard InChI is InChI=1S/C18H19ClN2O5S/c1-10-15-17(20-25-10)16-13(19)7-4-8-14(16)21(18(15)22)11-5-3-6-12(9-11)26-27(2,23)24/h4,7-8,11-12H,3,5-6,9H2,1-2H3. The molecule has 2 unspecified atom stereocenters. The lowest BCUT2D eigenvalue weighted by Crippen LogP contribution is -2.32. The van der Waals surface area contributed by atoms with Crippen molar-refractivity contribution in [3.63, 3.8) is 0 Å². The van der Waals surface area contributed by atoms with E-state index in [0.29, 0.717) is 45.4 Å². The van der Waals surface area contributed by atoms with Crippen LogP contribution in [0.15, 0.2) is 27.5 Å². The van der Waals surface area contributed by atoms with Gasteiger partial charge in [-0.05, 0) is 44.7 Å². The second-order valence-corrected chi connectivity index (χ2v) is 9.02. The van der Waals surface area contributed by atoms with Gasteiger partial charge in [-0.1, -0.05) is 22.8 Å². The third-order valence-corrected chi connectivity index (χ3v) is 5.99. The molecule has 9 heteroatoms. The fraction of sp³-hybridized carbons (Fsp3) is 0.444. The van der Waals surface area contributed by atoms with Gasteiger partial charge in [0.1, 0.15) is 16.7 Å². The van der Waals surface area contributed by atoms with Crippen LogP contribution in [0.4, 0.5) is 0 Å². The molecule has 0 saturated heterocycles. The molecule has 3 aromatic rings. The third-order valence-electron chi connectivity index (χ3n) is 5.06. The Morgan fingerprint density at radius 1 is 1.30 bits per heavy atom. The zero-order chi connectivity index (χ0) is 19.3. The fourth-order valence-corrected chi connectivity index (χ4v) is 4.95. The summed E-state index contributed by atoms with van der Waals surface area (Å²) in [7, 11) is -3.55. The number of hydrogen-bond acceptors (Lipinski definition) is 6. The van der Waals surface area contributed by atoms with Crippen LogP contribution in [-0.4, -0.2) is 30.5 Å². The van der Waals surface area contributed by atoms with Crippen LogP contribution in [0.2, 0.25) is 5.02 Å². The first kappa shape index (κ1) is 18.5. The van der Waals surface area contributed by atoms with Crippen molar-refractivity contribution in [2.45, 2.75) is 44.8 Å². The van der Waals surface area contributed by atoms with Crippen LogP contribution < -0.4 is 5.56 Å². The largest absolute Gasteiger partial charge is 0.360 e. The quantitative estimate of drug-likeness (QED) is 0.613. The molecule has 0 spiro atoms. The van der Waals surface area contributed by atoms with Gasteiger partial charge in [-0.2, -0.15) is 8.42 Å². The molecule has 1 aliphatic rings. The summed E-state index contributed by atoms with van der Waals surface area (Å²) in [6.07, 6.45) is 3.20. The predicted octanol–water partition coefficient (Wildman–Crippen LogP) is 3.56. The van der Waals surface area contributed by atoms with Gasteiger partial charge in [-0.25, -0.2) is 0 Å². The zero-order valence-corrected chi connectivity index (χ0v) is 16.5. The summed E-state index contributed by atoms with van der Waals surface area (Å²) in [5, 5.41) is 5.59. The molecule has 1 aliphatic carbocycles. The van der Waals surface area contributed by atoms with E-state index >= 15 is 0 Å². The number of rotatable bonds is 3. The summed E-state index contributed by atoms with van der Waals surface area (Å²) in [6.45, 7) is 1.69. The maximum atomic E-state index is 13.3. The topological polar surface area (TPSA) is 91.4 Å². The molecule has 1 aromatic carbocycles. The van der Waals surface area contributed by atoms with Crippen molar-refractivity contribution < 1.29 is 17.1 Å². The molecule has 7 nitrogen and oxygen atoms in total. The van der Waals surface area contributed by atoms with Crippen LogP contribution in [0, 0.1) is 6.92 Å². The van der Waals surface area contributed by atoms with Gasteiger partial charge in [-0.15, -0.1) is 0 Å². The van der Waals surface area contributed by atoms with Gasteiger partial charge >= 0.3 is 0 Å². The van der Waals surface area contributed by atoms with Crippen molar-refractivity contribution >= 4 is 43.5 Å². The molecule has 0 aliphatic heterocycles. The Kier molecular flexibility index (Phi) is 4.52. The van der Waals surface area contributed by atoms with E-state index in [-0.39, 0.29) is 11.6 Å². The van der Waals surface area contributed by atoms with Gasteiger partial charge < -0.3 is 9.09 Å². The van der Waals surface area contributed by atoms with Gasteiger partial charge in [-0.3, -0.25) is 8.98 Å². The van der Waals surface area contributed by atoms with Gasteiger partial charge in [0, 0.05) is 11.4 Å². The predicted molar refractivity (Wildman–Crippen MR) is 103 cm³/mol. The van der Waals surface area contributed by atoms with Crippen LogP contribution in [0.3, 0.4) is 0 Å². The van der Waals surface area contributed by atoms with Crippen LogP contribution in [0.1, 0.15) is 37.5 Å². The first-order chi connectivity index (χ1) is 12.8. The van der Waals surface area contributed by atoms with E-state index in [1.807, 2.05) is 6.07 Å². The minimum atomic E-state index is -3.55. The molecule has 2 aromatic heterocycles. The molecule has 2 atom stereocenters. The van der Waals surface area contributed by atoms with Crippen molar-refractivity contribution in [2.75, 3.05) is 6.26 Å². The minimum Gasteiger partial charge on any atom is -0.360 e. The summed E-state index contributed by atoms with van der Waals surface area (Å²) >= 11 is 6.42. The highest BCUT2D eigenvalue weighted by Crippen LogP contribution is 2.36. The van der Waals surface area contributed by atoms with Crippen LogP contribution in [0.25, 0.3) is 21.8 Å². The number of pyridine rings is 1. The number of nitrogens with zero attached hydrogens (tertiary/aromatic N) is 2. The second-order valence-electron chi connectivity index (χ2n) is 7.01. The van der Waals surface area contributed by atoms with E-state index in [4.69, 9.17) is 20.3 Å². The molecule has 27 heavy (non-hydrogen) atoms. The number of benzene rings is 1. The monoisotopic (exact) mass is 410 g/mol. The van der Waals surface area contributed by atoms with Crippen molar-refractivity contribution in [1.82, 2.24) is 9.72 Å². The number of aryl methyl sites for hydroxylation is 1. The van der Waals surface area contributed by atoms with E-state index in [9.17, 15) is 13.2 Å². The van der Waals surface area contributed by atoms with Crippen molar-refractivity contribution in [3.05, 3.63) is 39.3 Å². The Morgan fingerprint density at radius 2 is 2.07 bits per heavy atom. The summed E-state index contributed by atoms with van der Waals surface area (Å²) in [5.41, 5.74) is 0.913. The van der Waals surface area contributed by atoms with Crippen LogP contribution in [-0.2, 0) is 14.3 Å². The highest BCUT2D eigenvalue weighted by molar-refractivity contribution is 7.86. The van der Waals surface area contributed by atoms with E-state index in [1.165, 1.54) is 0 Å². The maximum Gasteiger partial charge on any atom is 0.264 e. The lowest BCUT2D eigenvalue weighted by Gasteiger charge is -2.30. The Morgan fingerprint density at radius 3 is 2.81 bits per heavy atom. The minimum absolute atomic E-state index is 0.197.